The van der Waals surface area contributed by atoms with E-state index in [0.29, 0.717) is 10.8 Å². The summed E-state index contributed by atoms with van der Waals surface area (Å²) in [5, 5.41) is 0. The van der Waals surface area contributed by atoms with Gasteiger partial charge in [0.1, 0.15) is 0 Å². The van der Waals surface area contributed by atoms with Crippen LogP contribution in [0, 0.1) is 0 Å². The maximum Gasteiger partial charge on any atom is 0.416 e. The van der Waals surface area contributed by atoms with E-state index in [9.17, 15) is 26.4 Å². The summed E-state index contributed by atoms with van der Waals surface area (Å²) in [7, 11) is -3.43. The van der Waals surface area contributed by atoms with Crippen LogP contribution in [-0.2, 0) is 25.6 Å². The van der Waals surface area contributed by atoms with Crippen molar-refractivity contribution in [3.8, 4) is 0 Å². The van der Waals surface area contributed by atoms with Crippen molar-refractivity contribution in [1.29, 1.82) is 0 Å². The zero-order valence-electron chi connectivity index (χ0n) is 9.48. The molecule has 0 saturated heterocycles. The highest BCUT2D eigenvalue weighted by molar-refractivity contribution is 8.71. The largest absolute Gasteiger partial charge is 0.416 e. The molecule has 0 spiro atoms. The molecule has 0 bridgehead atoms. The molecule has 19 heavy (non-hydrogen) atoms. The average molecular weight is 313 g/mol. The van der Waals surface area contributed by atoms with Crippen LogP contribution in [0.25, 0.3) is 0 Å². The average Bonchev–Trinajstić information content (AvgIpc) is 2.25. The third-order valence-corrected chi connectivity index (χ3v) is 5.21. The number of hydrogen-bond donors (Lipinski definition) is 1. The first-order chi connectivity index (χ1) is 8.60. The van der Waals surface area contributed by atoms with Gasteiger partial charge in [-0.25, -0.2) is 8.42 Å². The Hall–Kier alpha value is -1.22. The van der Waals surface area contributed by atoms with Crippen LogP contribution < -0.4 is 5.73 Å². The number of alkyl halides is 3. The maximum absolute atomic E-state index is 12.4. The number of primary amides is 1. The van der Waals surface area contributed by atoms with E-state index in [4.69, 9.17) is 5.73 Å². The Morgan fingerprint density at radius 1 is 1.32 bits per heavy atom. The molecule has 0 radical (unpaired) electrons. The summed E-state index contributed by atoms with van der Waals surface area (Å²) < 4.78 is 60.4. The number of benzene rings is 1. The molecule has 1 aromatic carbocycles. The van der Waals surface area contributed by atoms with Gasteiger partial charge in [0.15, 0.2) is 0 Å². The molecule has 1 amide bonds. The molecule has 0 unspecified atom stereocenters. The topological polar surface area (TPSA) is 77.2 Å². The van der Waals surface area contributed by atoms with Crippen LogP contribution >= 0.6 is 10.8 Å². The monoisotopic (exact) mass is 313 g/mol. The van der Waals surface area contributed by atoms with Gasteiger partial charge in [0, 0.05) is 0 Å². The highest BCUT2D eigenvalue weighted by Gasteiger charge is 2.30. The minimum Gasteiger partial charge on any atom is -0.369 e. The Morgan fingerprint density at radius 2 is 1.95 bits per heavy atom. The first-order valence-corrected chi connectivity index (χ1v) is 8.07. The van der Waals surface area contributed by atoms with Gasteiger partial charge in [-0.3, -0.25) is 4.79 Å². The molecular formula is C10H10F3NO3S2. The lowest BCUT2D eigenvalue weighted by atomic mass is 10.1. The van der Waals surface area contributed by atoms with Crippen LogP contribution in [0.1, 0.15) is 11.1 Å². The van der Waals surface area contributed by atoms with Crippen molar-refractivity contribution in [2.45, 2.75) is 11.9 Å². The van der Waals surface area contributed by atoms with Gasteiger partial charge in [0.05, 0.1) is 17.1 Å². The Labute approximate surface area is 111 Å². The molecule has 9 heteroatoms. The van der Waals surface area contributed by atoms with Gasteiger partial charge in [-0.05, 0) is 22.4 Å². The van der Waals surface area contributed by atoms with Crippen LogP contribution in [0.4, 0.5) is 13.2 Å². The molecule has 0 aliphatic rings. The van der Waals surface area contributed by atoms with Gasteiger partial charge in [-0.1, -0.05) is 18.2 Å². The molecule has 0 saturated carbocycles. The second-order valence-corrected chi connectivity index (χ2v) is 7.79. The normalized spacial score (nSPS) is 12.4. The smallest absolute Gasteiger partial charge is 0.369 e. The maximum atomic E-state index is 12.4. The van der Waals surface area contributed by atoms with Gasteiger partial charge in [0.25, 0.3) is 0 Å². The molecule has 1 rings (SSSR count). The van der Waals surface area contributed by atoms with Gasteiger partial charge >= 0.3 is 6.18 Å². The second-order valence-electron chi connectivity index (χ2n) is 3.63. The first-order valence-electron chi connectivity index (χ1n) is 4.92. The predicted molar refractivity (Wildman–Crippen MR) is 65.7 cm³/mol. The lowest BCUT2D eigenvalue weighted by Gasteiger charge is -2.08. The van der Waals surface area contributed by atoms with Crippen molar-refractivity contribution >= 4 is 25.6 Å². The number of carbonyl (C=O) groups excluding carboxylic acids is 1. The van der Waals surface area contributed by atoms with Crippen LogP contribution in [0.2, 0.25) is 0 Å². The van der Waals surface area contributed by atoms with Crippen LogP contribution in [-0.4, -0.2) is 20.1 Å². The van der Waals surface area contributed by atoms with Crippen LogP contribution in [0.3, 0.4) is 0 Å². The minimum atomic E-state index is -4.53. The van der Waals surface area contributed by atoms with E-state index in [1.165, 1.54) is 6.07 Å². The van der Waals surface area contributed by atoms with E-state index >= 15 is 0 Å². The van der Waals surface area contributed by atoms with Crippen LogP contribution in [0.15, 0.2) is 24.3 Å². The SMILES string of the molecule is NC(=O)CSS(=O)(=O)Cc1cccc(C(F)(F)F)c1. The van der Waals surface area contributed by atoms with Crippen molar-refractivity contribution < 1.29 is 26.4 Å². The van der Waals surface area contributed by atoms with Crippen LogP contribution in [0.5, 0.6) is 0 Å². The van der Waals surface area contributed by atoms with Crippen molar-refractivity contribution in [2.75, 3.05) is 5.75 Å². The second kappa shape index (κ2) is 5.83. The van der Waals surface area contributed by atoms with Crippen molar-refractivity contribution in [3.05, 3.63) is 35.4 Å². The third-order valence-electron chi connectivity index (χ3n) is 1.98. The molecule has 0 atom stereocenters. The molecule has 2 N–H and O–H groups in total. The van der Waals surface area contributed by atoms with Crippen molar-refractivity contribution in [3.63, 3.8) is 0 Å². The van der Waals surface area contributed by atoms with E-state index in [0.717, 1.165) is 18.2 Å². The van der Waals surface area contributed by atoms with Gasteiger partial charge in [-0.2, -0.15) is 13.2 Å². The highest BCUT2D eigenvalue weighted by atomic mass is 33.1. The van der Waals surface area contributed by atoms with Gasteiger partial charge < -0.3 is 5.73 Å². The molecule has 0 aliphatic heterocycles. The predicted octanol–water partition coefficient (Wildman–Crippen LogP) is 1.75. The zero-order valence-corrected chi connectivity index (χ0v) is 11.1. The summed E-state index contributed by atoms with van der Waals surface area (Å²) in [5.74, 6) is -1.83. The Morgan fingerprint density at radius 3 is 2.47 bits per heavy atom. The summed E-state index contributed by atoms with van der Waals surface area (Å²) >= 11 is 0. The fourth-order valence-corrected chi connectivity index (χ4v) is 3.74. The number of rotatable bonds is 5. The standard InChI is InChI=1S/C10H10F3NO3S2/c11-10(12,13)8-3-1-2-7(4-8)6-19(16,17)18-5-9(14)15/h1-4H,5-6H2,(H2,14,15). The van der Waals surface area contributed by atoms with Crippen molar-refractivity contribution in [2.24, 2.45) is 5.73 Å². The van der Waals surface area contributed by atoms with E-state index in [1.807, 2.05) is 0 Å². The zero-order chi connectivity index (χ0) is 14.7. The fraction of sp³-hybridized carbons (Fsp3) is 0.300. The summed E-state index contributed by atoms with van der Waals surface area (Å²) in [6.45, 7) is 0. The summed E-state index contributed by atoms with van der Waals surface area (Å²) in [6, 6.07) is 4.03. The molecular weight excluding hydrogens is 303 g/mol. The lowest BCUT2D eigenvalue weighted by molar-refractivity contribution is -0.137. The van der Waals surface area contributed by atoms with E-state index in [-0.39, 0.29) is 5.56 Å². The molecule has 106 valence electrons. The molecule has 4 nitrogen and oxygen atoms in total. The molecule has 1 aromatic rings. The molecule has 0 heterocycles. The summed E-state index contributed by atoms with van der Waals surface area (Å²) in [6.07, 6.45) is -4.53. The lowest BCUT2D eigenvalue weighted by Crippen LogP contribution is -2.15. The van der Waals surface area contributed by atoms with E-state index < -0.39 is 38.0 Å². The van der Waals surface area contributed by atoms with Gasteiger partial charge in [0.2, 0.25) is 14.8 Å². The number of hydrogen-bond acceptors (Lipinski definition) is 4. The Kier molecular flexibility index (Phi) is 4.86. The highest BCUT2D eigenvalue weighted by Crippen LogP contribution is 2.30. The Balaban J connectivity index is 2.85. The molecule has 0 aromatic heterocycles. The summed E-state index contributed by atoms with van der Waals surface area (Å²) in [4.78, 5) is 10.5. The van der Waals surface area contributed by atoms with E-state index in [1.54, 1.807) is 0 Å². The van der Waals surface area contributed by atoms with Gasteiger partial charge in [-0.15, -0.1) is 0 Å². The number of carbonyl (C=O) groups is 1. The number of halogens is 3. The summed E-state index contributed by atoms with van der Waals surface area (Å²) in [5.41, 5.74) is 3.89. The quantitative estimate of drug-likeness (QED) is 0.840. The number of amides is 1. The first kappa shape index (κ1) is 15.8. The number of nitrogens with two attached hydrogens (primary N) is 1. The van der Waals surface area contributed by atoms with Crippen molar-refractivity contribution in [1.82, 2.24) is 0 Å². The third kappa shape index (κ3) is 5.52. The fourth-order valence-electron chi connectivity index (χ4n) is 1.23. The van der Waals surface area contributed by atoms with E-state index in [2.05, 4.69) is 0 Å². The Bertz CT molecular complexity index is 570. The molecule has 0 fully saturated rings. The minimum absolute atomic E-state index is 0.00629. The molecule has 0 aliphatic carbocycles.